The van der Waals surface area contributed by atoms with Gasteiger partial charge in [-0.2, -0.15) is 26.7 Å². The highest BCUT2D eigenvalue weighted by molar-refractivity contribution is 9.10. The second kappa shape index (κ2) is 11.4. The second-order valence-electron chi connectivity index (χ2n) is 7.65. The average Bonchev–Trinajstić information content (AvgIpc) is 3.06. The maximum Gasteiger partial charge on any atom is 0.516 e. The zero-order valence-corrected chi connectivity index (χ0v) is 21.0. The summed E-state index contributed by atoms with van der Waals surface area (Å²) < 4.78 is 68.9. The van der Waals surface area contributed by atoms with Crippen molar-refractivity contribution in [3.8, 4) is 5.75 Å². The Morgan fingerprint density at radius 3 is 2.52 bits per heavy atom. The predicted molar refractivity (Wildman–Crippen MR) is 121 cm³/mol. The number of nitrogens with zero attached hydrogens (tertiary/aromatic N) is 2. The van der Waals surface area contributed by atoms with E-state index in [1.54, 1.807) is 10.7 Å². The van der Waals surface area contributed by atoms with Crippen LogP contribution < -0.4 is 9.46 Å². The molecular formula is C21H27BrF3N3O4S. The third-order valence-corrected chi connectivity index (χ3v) is 6.76. The molecule has 0 radical (unpaired) electrons. The number of amides is 1. The van der Waals surface area contributed by atoms with Gasteiger partial charge in [0.2, 0.25) is 5.91 Å². The average molecular weight is 554 g/mol. The molecule has 0 saturated carbocycles. The molecule has 0 aliphatic carbocycles. The number of aromatic nitrogens is 2. The molecule has 0 bridgehead atoms. The molecule has 2 rings (SSSR count). The molecule has 12 heteroatoms. The van der Waals surface area contributed by atoms with Gasteiger partial charge >= 0.3 is 15.5 Å². The summed E-state index contributed by atoms with van der Waals surface area (Å²) in [4.78, 5) is 11.7. The lowest BCUT2D eigenvalue weighted by Crippen LogP contribution is -2.40. The van der Waals surface area contributed by atoms with E-state index in [-0.39, 0.29) is 6.42 Å². The fourth-order valence-corrected chi connectivity index (χ4v) is 3.99. The van der Waals surface area contributed by atoms with Crippen LogP contribution in [0.15, 0.2) is 28.7 Å². The standard InChI is InChI=1S/C21H27BrF3N3O4S/c1-4-15(5-2)13-32-19-8-6-17(22)11-16(19)12-28-14(3)10-18(26-28)7-9-20(29)27-33(30,31)21(23,24)25/h6,8,10-11,15H,4-5,7,9,12-13H2,1-3H3,(H,27,29). The van der Waals surface area contributed by atoms with E-state index in [4.69, 9.17) is 4.74 Å². The Kier molecular flexibility index (Phi) is 9.36. The highest BCUT2D eigenvalue weighted by Crippen LogP contribution is 2.26. The van der Waals surface area contributed by atoms with Crippen molar-refractivity contribution in [1.82, 2.24) is 14.5 Å². The van der Waals surface area contributed by atoms with Gasteiger partial charge in [0.25, 0.3) is 0 Å². The fourth-order valence-electron chi connectivity index (χ4n) is 3.07. The minimum absolute atomic E-state index is 0.0103. The van der Waals surface area contributed by atoms with Crippen LogP contribution >= 0.6 is 15.9 Å². The summed E-state index contributed by atoms with van der Waals surface area (Å²) >= 11 is 3.46. The number of sulfonamides is 1. The molecule has 184 valence electrons. The number of rotatable bonds is 11. The maximum absolute atomic E-state index is 12.4. The summed E-state index contributed by atoms with van der Waals surface area (Å²) in [6, 6.07) is 7.40. The molecule has 0 unspecified atom stereocenters. The van der Waals surface area contributed by atoms with Gasteiger partial charge in [0.05, 0.1) is 18.8 Å². The molecule has 7 nitrogen and oxygen atoms in total. The minimum atomic E-state index is -5.71. The third-order valence-electron chi connectivity index (χ3n) is 5.16. The first kappa shape index (κ1) is 27.2. The number of nitrogens with one attached hydrogen (secondary N) is 1. The summed E-state index contributed by atoms with van der Waals surface area (Å²) in [6.45, 7) is 7.04. The van der Waals surface area contributed by atoms with E-state index in [0.717, 1.165) is 39.0 Å². The van der Waals surface area contributed by atoms with Crippen molar-refractivity contribution in [2.75, 3.05) is 6.61 Å². The van der Waals surface area contributed by atoms with Crippen molar-refractivity contribution in [2.45, 2.75) is 58.5 Å². The van der Waals surface area contributed by atoms with Crippen LogP contribution in [-0.4, -0.2) is 36.2 Å². The summed E-state index contributed by atoms with van der Waals surface area (Å²) in [6.07, 6.45) is 1.57. The molecule has 0 fully saturated rings. The highest BCUT2D eigenvalue weighted by atomic mass is 79.9. The molecule has 1 amide bonds. The van der Waals surface area contributed by atoms with Crippen LogP contribution in [0.2, 0.25) is 0 Å². The summed E-state index contributed by atoms with van der Waals surface area (Å²) in [5.41, 5.74) is -3.42. The Bertz CT molecular complexity index is 1070. The van der Waals surface area contributed by atoms with Gasteiger partial charge < -0.3 is 4.74 Å². The summed E-state index contributed by atoms with van der Waals surface area (Å²) in [5.74, 6) is -0.0614. The Labute approximate surface area is 199 Å². The molecule has 1 heterocycles. The van der Waals surface area contributed by atoms with Crippen LogP contribution in [0.1, 0.15) is 50.1 Å². The number of carbonyl (C=O) groups is 1. The Hall–Kier alpha value is -2.08. The smallest absolute Gasteiger partial charge is 0.493 e. The van der Waals surface area contributed by atoms with E-state index in [1.165, 1.54) is 0 Å². The van der Waals surface area contributed by atoms with Crippen molar-refractivity contribution < 1.29 is 31.1 Å². The maximum atomic E-state index is 12.4. The SMILES string of the molecule is CCC(CC)COc1ccc(Br)cc1Cn1nc(CCC(=O)NS(=O)(=O)C(F)(F)F)cc1C. The lowest BCUT2D eigenvalue weighted by Gasteiger charge is -2.17. The number of carbonyl (C=O) groups excluding carboxylic acids is 1. The van der Waals surface area contributed by atoms with Gasteiger partial charge in [-0.1, -0.05) is 42.6 Å². The van der Waals surface area contributed by atoms with Gasteiger partial charge in [0.1, 0.15) is 5.75 Å². The minimum Gasteiger partial charge on any atom is -0.493 e. The number of benzene rings is 1. The molecular weight excluding hydrogens is 527 g/mol. The molecule has 1 aromatic carbocycles. The highest BCUT2D eigenvalue weighted by Gasteiger charge is 2.46. The Balaban J connectivity index is 2.07. The number of halogens is 4. The van der Waals surface area contributed by atoms with E-state index < -0.39 is 27.9 Å². The number of hydrogen-bond donors (Lipinski definition) is 1. The van der Waals surface area contributed by atoms with Crippen LogP contribution in [0.4, 0.5) is 13.2 Å². The second-order valence-corrected chi connectivity index (χ2v) is 10.2. The molecule has 0 atom stereocenters. The van der Waals surface area contributed by atoms with Gasteiger partial charge in [-0.05, 0) is 37.1 Å². The Morgan fingerprint density at radius 2 is 1.91 bits per heavy atom. The van der Waals surface area contributed by atoms with E-state index in [2.05, 4.69) is 34.9 Å². The van der Waals surface area contributed by atoms with Crippen LogP contribution in [-0.2, 0) is 27.8 Å². The summed E-state index contributed by atoms with van der Waals surface area (Å²) in [5, 5.41) is 4.41. The van der Waals surface area contributed by atoms with Crippen molar-refractivity contribution in [1.29, 1.82) is 0 Å². The van der Waals surface area contributed by atoms with Crippen molar-refractivity contribution in [3.05, 3.63) is 45.7 Å². The molecule has 2 aromatic rings. The first-order chi connectivity index (χ1) is 15.4. The molecule has 33 heavy (non-hydrogen) atoms. The van der Waals surface area contributed by atoms with E-state index in [1.807, 2.05) is 25.1 Å². The molecule has 0 spiro atoms. The van der Waals surface area contributed by atoms with Crippen LogP contribution in [0, 0.1) is 12.8 Å². The quantitative estimate of drug-likeness (QED) is 0.435. The molecule has 1 N–H and O–H groups in total. The zero-order chi connectivity index (χ0) is 24.8. The zero-order valence-electron chi connectivity index (χ0n) is 18.6. The molecule has 0 aliphatic heterocycles. The van der Waals surface area contributed by atoms with Gasteiger partial charge in [0, 0.05) is 28.6 Å². The first-order valence-electron chi connectivity index (χ1n) is 10.4. The lowest BCUT2D eigenvalue weighted by atomic mass is 10.1. The fraction of sp³-hybridized carbons (Fsp3) is 0.524. The normalized spacial score (nSPS) is 12.2. The monoisotopic (exact) mass is 553 g/mol. The van der Waals surface area contributed by atoms with Crippen LogP contribution in [0.3, 0.4) is 0 Å². The predicted octanol–water partition coefficient (Wildman–Crippen LogP) is 4.72. The van der Waals surface area contributed by atoms with E-state index in [0.29, 0.717) is 24.8 Å². The van der Waals surface area contributed by atoms with Gasteiger partial charge in [0.15, 0.2) is 0 Å². The number of ether oxygens (including phenoxy) is 1. The number of aryl methyl sites for hydroxylation is 2. The topological polar surface area (TPSA) is 90.3 Å². The first-order valence-corrected chi connectivity index (χ1v) is 12.7. The molecule has 1 aromatic heterocycles. The van der Waals surface area contributed by atoms with Gasteiger partial charge in [-0.3, -0.25) is 9.48 Å². The number of alkyl halides is 3. The third kappa shape index (κ3) is 7.73. The Morgan fingerprint density at radius 1 is 1.24 bits per heavy atom. The van der Waals surface area contributed by atoms with Crippen molar-refractivity contribution in [3.63, 3.8) is 0 Å². The summed E-state index contributed by atoms with van der Waals surface area (Å²) in [7, 11) is -5.71. The van der Waals surface area contributed by atoms with Crippen LogP contribution in [0.5, 0.6) is 5.75 Å². The van der Waals surface area contributed by atoms with E-state index in [9.17, 15) is 26.4 Å². The van der Waals surface area contributed by atoms with Crippen LogP contribution in [0.25, 0.3) is 0 Å². The van der Waals surface area contributed by atoms with E-state index >= 15 is 0 Å². The van der Waals surface area contributed by atoms with Crippen molar-refractivity contribution in [2.24, 2.45) is 5.92 Å². The largest absolute Gasteiger partial charge is 0.516 e. The molecule has 0 aliphatic rings. The number of hydrogen-bond acceptors (Lipinski definition) is 5. The molecule has 0 saturated heterocycles. The van der Waals surface area contributed by atoms with Gasteiger partial charge in [-0.15, -0.1) is 0 Å². The van der Waals surface area contributed by atoms with Crippen molar-refractivity contribution >= 4 is 31.9 Å². The lowest BCUT2D eigenvalue weighted by molar-refractivity contribution is -0.120. The van der Waals surface area contributed by atoms with Gasteiger partial charge in [-0.25, -0.2) is 4.72 Å².